The highest BCUT2D eigenvalue weighted by Gasteiger charge is 2.36. The highest BCUT2D eigenvalue weighted by atomic mass is 35.5. The highest BCUT2D eigenvalue weighted by Crippen LogP contribution is 2.37. The average Bonchev–Trinajstić information content (AvgIpc) is 3.12. The molecule has 0 aliphatic carbocycles. The summed E-state index contributed by atoms with van der Waals surface area (Å²) >= 11 is 13.2. The molecule has 0 bridgehead atoms. The Bertz CT molecular complexity index is 1170. The Morgan fingerprint density at radius 3 is 2.34 bits per heavy atom. The molecule has 4 rings (SSSR count). The second-order valence-electron chi connectivity index (χ2n) is 6.61. The molecule has 7 heteroatoms. The molecule has 0 radical (unpaired) electrons. The van der Waals surface area contributed by atoms with Crippen molar-refractivity contribution < 1.29 is 9.59 Å². The number of para-hydroxylation sites is 1. The molecule has 2 heterocycles. The maximum atomic E-state index is 12.9. The zero-order chi connectivity index (χ0) is 20.7. The summed E-state index contributed by atoms with van der Waals surface area (Å²) in [5.41, 5.74) is 4.16. The molecule has 4 nitrogen and oxygen atoms in total. The van der Waals surface area contributed by atoms with Crippen LogP contribution in [-0.2, 0) is 4.79 Å². The Morgan fingerprint density at radius 2 is 1.66 bits per heavy atom. The molecule has 1 fully saturated rings. The Morgan fingerprint density at radius 1 is 0.966 bits per heavy atom. The topological polar surface area (TPSA) is 42.3 Å². The van der Waals surface area contributed by atoms with Gasteiger partial charge in [-0.05, 0) is 79.7 Å². The second-order valence-corrected chi connectivity index (χ2v) is 8.44. The van der Waals surface area contributed by atoms with E-state index in [4.69, 9.17) is 23.2 Å². The van der Waals surface area contributed by atoms with Gasteiger partial charge in [0.05, 0.1) is 21.3 Å². The molecular formula is C22H16Cl2N2O2S. The number of carbonyl (C=O) groups is 2. The van der Waals surface area contributed by atoms with Crippen LogP contribution in [0.15, 0.2) is 59.5 Å². The van der Waals surface area contributed by atoms with E-state index in [1.165, 1.54) is 4.90 Å². The number of hydrogen-bond donors (Lipinski definition) is 0. The fourth-order valence-corrected chi connectivity index (χ4v) is 4.54. The van der Waals surface area contributed by atoms with Crippen molar-refractivity contribution in [3.63, 3.8) is 0 Å². The molecule has 0 saturated carbocycles. The van der Waals surface area contributed by atoms with Gasteiger partial charge in [0.25, 0.3) is 11.1 Å². The number of rotatable bonds is 3. The molecule has 1 aliphatic heterocycles. The molecule has 2 aromatic carbocycles. The van der Waals surface area contributed by atoms with Gasteiger partial charge < -0.3 is 4.57 Å². The van der Waals surface area contributed by atoms with Gasteiger partial charge in [-0.15, -0.1) is 0 Å². The lowest BCUT2D eigenvalue weighted by molar-refractivity contribution is -0.113. The van der Waals surface area contributed by atoms with Crippen molar-refractivity contribution in [2.45, 2.75) is 13.8 Å². The number of thioether (sulfide) groups is 1. The number of hydrogen-bond acceptors (Lipinski definition) is 3. The Hall–Kier alpha value is -2.47. The lowest BCUT2D eigenvalue weighted by Gasteiger charge is -2.12. The summed E-state index contributed by atoms with van der Waals surface area (Å²) in [5.74, 6) is -0.343. The molecule has 0 spiro atoms. The van der Waals surface area contributed by atoms with Gasteiger partial charge >= 0.3 is 0 Å². The fourth-order valence-electron chi connectivity index (χ4n) is 3.36. The number of aryl methyl sites for hydroxylation is 1. The van der Waals surface area contributed by atoms with E-state index in [1.807, 2.05) is 48.7 Å². The van der Waals surface area contributed by atoms with E-state index in [2.05, 4.69) is 0 Å². The summed E-state index contributed by atoms with van der Waals surface area (Å²) in [5, 5.41) is 0.857. The zero-order valence-electron chi connectivity index (χ0n) is 15.6. The minimum absolute atomic E-state index is 0.330. The van der Waals surface area contributed by atoms with Crippen LogP contribution < -0.4 is 4.90 Å². The third-order valence-electron chi connectivity index (χ3n) is 4.73. The summed E-state index contributed by atoms with van der Waals surface area (Å²) in [7, 11) is 0. The maximum Gasteiger partial charge on any atom is 0.298 e. The molecule has 2 amide bonds. The van der Waals surface area contributed by atoms with Crippen LogP contribution in [0.2, 0.25) is 10.0 Å². The van der Waals surface area contributed by atoms with Crippen molar-refractivity contribution >= 4 is 57.9 Å². The third kappa shape index (κ3) is 3.62. The lowest BCUT2D eigenvalue weighted by atomic mass is 10.2. The van der Waals surface area contributed by atoms with E-state index in [-0.39, 0.29) is 11.1 Å². The van der Waals surface area contributed by atoms with Gasteiger partial charge in [0.15, 0.2) is 0 Å². The number of imide groups is 1. The van der Waals surface area contributed by atoms with Gasteiger partial charge in [-0.2, -0.15) is 0 Å². The van der Waals surface area contributed by atoms with Crippen molar-refractivity contribution in [3.8, 4) is 5.69 Å². The minimum Gasteiger partial charge on any atom is -0.316 e. The van der Waals surface area contributed by atoms with Crippen LogP contribution in [0.1, 0.15) is 17.0 Å². The number of benzene rings is 2. The number of carbonyl (C=O) groups excluding carboxylic acids is 2. The minimum atomic E-state index is -0.343. The van der Waals surface area contributed by atoms with Crippen LogP contribution in [0.25, 0.3) is 11.8 Å². The van der Waals surface area contributed by atoms with E-state index in [1.54, 1.807) is 30.3 Å². The molecule has 3 aromatic rings. The van der Waals surface area contributed by atoms with Crippen LogP contribution >= 0.6 is 35.0 Å². The van der Waals surface area contributed by atoms with Crippen molar-refractivity contribution in [1.82, 2.24) is 4.57 Å². The molecule has 0 N–H and O–H groups in total. The normalized spacial score (nSPS) is 15.6. The van der Waals surface area contributed by atoms with Gasteiger partial charge in [0.2, 0.25) is 0 Å². The molecule has 1 aromatic heterocycles. The second kappa shape index (κ2) is 7.75. The number of halogens is 2. The smallest absolute Gasteiger partial charge is 0.298 e. The first-order valence-electron chi connectivity index (χ1n) is 8.84. The highest BCUT2D eigenvalue weighted by molar-refractivity contribution is 8.19. The van der Waals surface area contributed by atoms with Crippen LogP contribution in [0.4, 0.5) is 10.5 Å². The predicted molar refractivity (Wildman–Crippen MR) is 120 cm³/mol. The molecule has 29 heavy (non-hydrogen) atoms. The van der Waals surface area contributed by atoms with Crippen molar-refractivity contribution in [2.75, 3.05) is 4.90 Å². The van der Waals surface area contributed by atoms with Crippen LogP contribution in [0.3, 0.4) is 0 Å². The number of aromatic nitrogens is 1. The quantitative estimate of drug-likeness (QED) is 0.426. The standard InChI is InChI=1S/C22H16Cl2N2O2S/c1-13-11-15(14(2)25(13)19-6-4-3-5-18(19)24)12-20-21(27)26(22(28)29-20)17-9-7-16(23)8-10-17/h3-12H,1-2H3/b20-12+. The Kier molecular flexibility index (Phi) is 5.30. The van der Waals surface area contributed by atoms with E-state index >= 15 is 0 Å². The van der Waals surface area contributed by atoms with Crippen LogP contribution in [-0.4, -0.2) is 15.7 Å². The van der Waals surface area contributed by atoms with Gasteiger partial charge in [-0.25, -0.2) is 4.90 Å². The molecule has 0 unspecified atom stereocenters. The van der Waals surface area contributed by atoms with Gasteiger partial charge in [-0.1, -0.05) is 35.3 Å². The monoisotopic (exact) mass is 442 g/mol. The SMILES string of the molecule is Cc1cc(/C=C2/SC(=O)N(c3ccc(Cl)cc3)C2=O)c(C)n1-c1ccccc1Cl. The molecule has 1 aliphatic rings. The van der Waals surface area contributed by atoms with E-state index in [0.29, 0.717) is 20.6 Å². The maximum absolute atomic E-state index is 12.9. The molecule has 1 saturated heterocycles. The van der Waals surface area contributed by atoms with E-state index in [0.717, 1.165) is 34.4 Å². The van der Waals surface area contributed by atoms with Crippen LogP contribution in [0, 0.1) is 13.8 Å². The first kappa shape index (κ1) is 19.8. The van der Waals surface area contributed by atoms with E-state index < -0.39 is 0 Å². The summed E-state index contributed by atoms with van der Waals surface area (Å²) in [4.78, 5) is 26.9. The van der Waals surface area contributed by atoms with Crippen molar-refractivity contribution in [1.29, 1.82) is 0 Å². The third-order valence-corrected chi connectivity index (χ3v) is 6.17. The molecular weight excluding hydrogens is 427 g/mol. The summed E-state index contributed by atoms with van der Waals surface area (Å²) in [6, 6.07) is 16.2. The van der Waals surface area contributed by atoms with Gasteiger partial charge in [-0.3, -0.25) is 9.59 Å². The lowest BCUT2D eigenvalue weighted by Crippen LogP contribution is -2.27. The van der Waals surface area contributed by atoms with Crippen molar-refractivity contribution in [2.24, 2.45) is 0 Å². The predicted octanol–water partition coefficient (Wildman–Crippen LogP) is 6.64. The fraction of sp³-hybridized carbons (Fsp3) is 0.0909. The van der Waals surface area contributed by atoms with Crippen molar-refractivity contribution in [3.05, 3.63) is 86.5 Å². The van der Waals surface area contributed by atoms with Gasteiger partial charge in [0.1, 0.15) is 0 Å². The summed E-state index contributed by atoms with van der Waals surface area (Å²) in [6.45, 7) is 3.94. The van der Waals surface area contributed by atoms with Crippen LogP contribution in [0.5, 0.6) is 0 Å². The number of anilines is 1. The number of nitrogens with zero attached hydrogens (tertiary/aromatic N) is 2. The first-order valence-corrected chi connectivity index (χ1v) is 10.4. The zero-order valence-corrected chi connectivity index (χ0v) is 18.0. The van der Waals surface area contributed by atoms with Gasteiger partial charge in [0, 0.05) is 16.4 Å². The Labute approximate surface area is 182 Å². The largest absolute Gasteiger partial charge is 0.316 e. The van der Waals surface area contributed by atoms with E-state index in [9.17, 15) is 9.59 Å². The molecule has 0 atom stereocenters. The number of amides is 2. The summed E-state index contributed by atoms with van der Waals surface area (Å²) < 4.78 is 2.04. The summed E-state index contributed by atoms with van der Waals surface area (Å²) in [6.07, 6.45) is 1.76. The average molecular weight is 443 g/mol. The first-order chi connectivity index (χ1) is 13.9. The Balaban J connectivity index is 1.71. The molecule has 146 valence electrons.